The molecule has 1 atom stereocenters. The van der Waals surface area contributed by atoms with Gasteiger partial charge in [-0.05, 0) is 63.4 Å². The summed E-state index contributed by atoms with van der Waals surface area (Å²) in [6.07, 6.45) is -0.205. The van der Waals surface area contributed by atoms with E-state index in [-0.39, 0.29) is 18.8 Å². The third kappa shape index (κ3) is 7.67. The average Bonchev–Trinajstić information content (AvgIpc) is 2.63. The van der Waals surface area contributed by atoms with Crippen LogP contribution in [0.15, 0.2) is 42.5 Å². The van der Waals surface area contributed by atoms with Crippen molar-refractivity contribution in [1.82, 2.24) is 5.32 Å². The topological polar surface area (TPSA) is 64.6 Å². The van der Waals surface area contributed by atoms with Crippen LogP contribution < -0.4 is 5.32 Å². The lowest BCUT2D eigenvalue weighted by Gasteiger charge is -2.23. The minimum atomic E-state index is -0.652. The third-order valence-electron chi connectivity index (χ3n) is 4.11. The van der Waals surface area contributed by atoms with Crippen LogP contribution in [0.25, 0.3) is 11.1 Å². The number of benzene rings is 2. The Hall–Kier alpha value is -2.60. The number of hydrogen-bond donors (Lipinski definition) is 1. The van der Waals surface area contributed by atoms with Gasteiger partial charge in [-0.25, -0.2) is 9.18 Å². The Morgan fingerprint density at radius 3 is 2.40 bits per heavy atom. The van der Waals surface area contributed by atoms with Crippen LogP contribution in [0.3, 0.4) is 0 Å². The number of esters is 1. The predicted molar refractivity (Wildman–Crippen MR) is 115 cm³/mol. The minimum Gasteiger partial charge on any atom is -0.466 e. The number of carbonyl (C=O) groups excluding carboxylic acids is 2. The molecule has 0 saturated carbocycles. The van der Waals surface area contributed by atoms with Crippen molar-refractivity contribution < 1.29 is 23.5 Å². The molecule has 1 N–H and O–H groups in total. The molecule has 2 aromatic rings. The summed E-state index contributed by atoms with van der Waals surface area (Å²) in [4.78, 5) is 24.1. The van der Waals surface area contributed by atoms with Gasteiger partial charge in [-0.15, -0.1) is 0 Å². The Balaban J connectivity index is 2.14. The molecule has 1 amide bonds. The molecule has 2 aromatic carbocycles. The summed E-state index contributed by atoms with van der Waals surface area (Å²) in [7, 11) is 0. The van der Waals surface area contributed by atoms with E-state index in [0.717, 1.165) is 5.56 Å². The first-order valence-corrected chi connectivity index (χ1v) is 10.1. The van der Waals surface area contributed by atoms with Gasteiger partial charge in [-0.2, -0.15) is 0 Å². The van der Waals surface area contributed by atoms with E-state index < -0.39 is 23.7 Å². The molecule has 2 rings (SSSR count). The van der Waals surface area contributed by atoms with Crippen LogP contribution in [0, 0.1) is 5.82 Å². The fourth-order valence-corrected chi connectivity index (χ4v) is 3.07. The highest BCUT2D eigenvalue weighted by Crippen LogP contribution is 2.26. The van der Waals surface area contributed by atoms with Gasteiger partial charge in [0.1, 0.15) is 11.4 Å². The van der Waals surface area contributed by atoms with Gasteiger partial charge in [0.25, 0.3) is 0 Å². The van der Waals surface area contributed by atoms with Crippen LogP contribution in [0.1, 0.15) is 39.7 Å². The number of hydrogen-bond acceptors (Lipinski definition) is 4. The number of ether oxygens (including phenoxy) is 2. The van der Waals surface area contributed by atoms with E-state index in [0.29, 0.717) is 22.6 Å². The molecular weight excluding hydrogens is 409 g/mol. The molecule has 0 saturated heterocycles. The van der Waals surface area contributed by atoms with E-state index in [1.54, 1.807) is 45.9 Å². The van der Waals surface area contributed by atoms with Crippen molar-refractivity contribution in [2.75, 3.05) is 6.61 Å². The first-order valence-electron chi connectivity index (χ1n) is 9.77. The number of rotatable bonds is 7. The second-order valence-electron chi connectivity index (χ2n) is 7.88. The average molecular weight is 436 g/mol. The minimum absolute atomic E-state index is 0.0117. The maximum Gasteiger partial charge on any atom is 0.407 e. The third-order valence-corrected chi connectivity index (χ3v) is 4.35. The molecule has 0 bridgehead atoms. The molecule has 0 aromatic heterocycles. The van der Waals surface area contributed by atoms with Gasteiger partial charge in [0, 0.05) is 16.6 Å². The lowest BCUT2D eigenvalue weighted by atomic mass is 9.99. The predicted octanol–water partition coefficient (Wildman–Crippen LogP) is 5.54. The Labute approximate surface area is 181 Å². The first-order chi connectivity index (χ1) is 14.1. The van der Waals surface area contributed by atoms with Crippen molar-refractivity contribution in [3.05, 3.63) is 58.9 Å². The van der Waals surface area contributed by atoms with Crippen molar-refractivity contribution >= 4 is 23.7 Å². The van der Waals surface area contributed by atoms with Crippen LogP contribution in [0.2, 0.25) is 5.02 Å². The van der Waals surface area contributed by atoms with Crippen LogP contribution in [-0.4, -0.2) is 30.3 Å². The number of carbonyl (C=O) groups is 2. The van der Waals surface area contributed by atoms with E-state index in [4.69, 9.17) is 21.1 Å². The molecule has 0 radical (unpaired) electrons. The lowest BCUT2D eigenvalue weighted by Crippen LogP contribution is -2.41. The van der Waals surface area contributed by atoms with Gasteiger partial charge in [0.05, 0.1) is 13.0 Å². The van der Waals surface area contributed by atoms with Crippen molar-refractivity contribution in [3.63, 3.8) is 0 Å². The molecule has 5 nitrogen and oxygen atoms in total. The number of halogens is 2. The molecule has 30 heavy (non-hydrogen) atoms. The van der Waals surface area contributed by atoms with Gasteiger partial charge >= 0.3 is 12.1 Å². The highest BCUT2D eigenvalue weighted by atomic mass is 35.5. The Kier molecular flexibility index (Phi) is 8.24. The molecule has 0 spiro atoms. The number of nitrogens with one attached hydrogen (secondary N) is 1. The molecule has 0 aliphatic rings. The van der Waals surface area contributed by atoms with Crippen LogP contribution >= 0.6 is 11.6 Å². The first kappa shape index (κ1) is 23.7. The van der Waals surface area contributed by atoms with Crippen molar-refractivity contribution in [1.29, 1.82) is 0 Å². The zero-order valence-corrected chi connectivity index (χ0v) is 18.4. The number of alkyl carbamates (subject to hydrolysis) is 1. The van der Waals surface area contributed by atoms with Crippen LogP contribution in [-0.2, 0) is 20.7 Å². The number of amides is 1. The summed E-state index contributed by atoms with van der Waals surface area (Å²) < 4.78 is 24.4. The Morgan fingerprint density at radius 1 is 1.13 bits per heavy atom. The largest absolute Gasteiger partial charge is 0.466 e. The molecule has 1 unspecified atom stereocenters. The van der Waals surface area contributed by atoms with Crippen molar-refractivity contribution in [2.24, 2.45) is 0 Å². The monoisotopic (exact) mass is 435 g/mol. The normalized spacial score (nSPS) is 12.2. The van der Waals surface area contributed by atoms with E-state index >= 15 is 0 Å². The van der Waals surface area contributed by atoms with Crippen LogP contribution in [0.5, 0.6) is 0 Å². The van der Waals surface area contributed by atoms with E-state index in [1.165, 1.54) is 12.1 Å². The maximum atomic E-state index is 14.1. The van der Waals surface area contributed by atoms with Gasteiger partial charge in [0.15, 0.2) is 0 Å². The fraction of sp³-hybridized carbons (Fsp3) is 0.391. The van der Waals surface area contributed by atoms with Crippen molar-refractivity contribution in [3.8, 4) is 11.1 Å². The second kappa shape index (κ2) is 10.4. The lowest BCUT2D eigenvalue weighted by molar-refractivity contribution is -0.143. The second-order valence-corrected chi connectivity index (χ2v) is 8.31. The van der Waals surface area contributed by atoms with Gasteiger partial charge in [0.2, 0.25) is 0 Å². The van der Waals surface area contributed by atoms with Crippen LogP contribution in [0.4, 0.5) is 9.18 Å². The molecule has 7 heteroatoms. The summed E-state index contributed by atoms with van der Waals surface area (Å²) in [5.41, 5.74) is 1.30. The van der Waals surface area contributed by atoms with Gasteiger partial charge in [-0.3, -0.25) is 4.79 Å². The van der Waals surface area contributed by atoms with Gasteiger partial charge < -0.3 is 14.8 Å². The molecule has 0 heterocycles. The summed E-state index contributed by atoms with van der Waals surface area (Å²) in [5.74, 6) is -0.768. The van der Waals surface area contributed by atoms with E-state index in [2.05, 4.69) is 5.32 Å². The standard InChI is InChI=1S/C23H27ClFNO4/c1-5-29-21(27)14-18(26-22(28)30-23(2,3)4)12-15-6-8-16(9-7-15)19-13-17(24)10-11-20(19)25/h6-11,13,18H,5,12,14H2,1-4H3,(H,26,28). The summed E-state index contributed by atoms with van der Waals surface area (Å²) >= 11 is 5.97. The zero-order valence-electron chi connectivity index (χ0n) is 17.6. The quantitative estimate of drug-likeness (QED) is 0.580. The fourth-order valence-electron chi connectivity index (χ4n) is 2.89. The van der Waals surface area contributed by atoms with Crippen molar-refractivity contribution in [2.45, 2.75) is 52.2 Å². The molecule has 0 aliphatic carbocycles. The van der Waals surface area contributed by atoms with E-state index in [1.807, 2.05) is 12.1 Å². The summed E-state index contributed by atoms with van der Waals surface area (Å²) in [5, 5.41) is 3.19. The van der Waals surface area contributed by atoms with E-state index in [9.17, 15) is 14.0 Å². The molecule has 0 fully saturated rings. The van der Waals surface area contributed by atoms with Gasteiger partial charge in [-0.1, -0.05) is 35.9 Å². The molecular formula is C23H27ClFNO4. The molecule has 0 aliphatic heterocycles. The Bertz CT molecular complexity index is 878. The molecule has 162 valence electrons. The smallest absolute Gasteiger partial charge is 0.407 e. The zero-order chi connectivity index (χ0) is 22.3. The maximum absolute atomic E-state index is 14.1. The summed E-state index contributed by atoms with van der Waals surface area (Å²) in [6, 6.07) is 11.1. The highest BCUT2D eigenvalue weighted by Gasteiger charge is 2.22. The Morgan fingerprint density at radius 2 is 1.80 bits per heavy atom. The summed E-state index contributed by atoms with van der Waals surface area (Å²) in [6.45, 7) is 7.28. The highest BCUT2D eigenvalue weighted by molar-refractivity contribution is 6.30. The SMILES string of the molecule is CCOC(=O)CC(Cc1ccc(-c2cc(Cl)ccc2F)cc1)NC(=O)OC(C)(C)C.